The van der Waals surface area contributed by atoms with Crippen LogP contribution in [-0.2, 0) is 9.47 Å². The highest BCUT2D eigenvalue weighted by Crippen LogP contribution is 2.18. The van der Waals surface area contributed by atoms with E-state index in [1.54, 1.807) is 43.9 Å². The molecule has 1 aromatic carbocycles. The Labute approximate surface area is 223 Å². The first kappa shape index (κ1) is 28.0. The molecule has 1 atom stereocenters. The fourth-order valence-corrected chi connectivity index (χ4v) is 3.08. The van der Waals surface area contributed by atoms with Gasteiger partial charge in [-0.25, -0.2) is 24.7 Å². The highest BCUT2D eigenvalue weighted by atomic mass is 32.7. The SMILES string of the molecule is COCCNc1nccc(-c2nccc(C#Cc3ccc4c(cnn4C(=O)OC(C)(C)C)c3)n2)n1.PS. The average Bonchev–Trinajstić information content (AvgIpc) is 3.32. The zero-order valence-electron chi connectivity index (χ0n) is 21.0. The van der Waals surface area contributed by atoms with Crippen LogP contribution in [0.2, 0.25) is 0 Å². The van der Waals surface area contributed by atoms with Gasteiger partial charge in [-0.2, -0.15) is 22.0 Å². The highest BCUT2D eigenvalue weighted by molar-refractivity contribution is 8.31. The number of fused-ring (bicyclic) bond motifs is 1. The third kappa shape index (κ3) is 7.95. The predicted octanol–water partition coefficient (Wildman–Crippen LogP) is 4.23. The van der Waals surface area contributed by atoms with Gasteiger partial charge in [-0.3, -0.25) is 0 Å². The quantitative estimate of drug-likeness (QED) is 0.167. The molecule has 0 saturated carbocycles. The summed E-state index contributed by atoms with van der Waals surface area (Å²) in [7, 11) is 3.74. The Bertz CT molecular complexity index is 1430. The Morgan fingerprint density at radius 1 is 1.11 bits per heavy atom. The van der Waals surface area contributed by atoms with Gasteiger partial charge in [0.05, 0.1) is 18.3 Å². The molecule has 0 saturated heterocycles. The topological polar surface area (TPSA) is 117 Å². The van der Waals surface area contributed by atoms with E-state index in [4.69, 9.17) is 9.47 Å². The first-order valence-corrected chi connectivity index (χ1v) is 13.3. The molecule has 0 fully saturated rings. The molecule has 0 spiro atoms. The maximum absolute atomic E-state index is 12.4. The molecule has 3 aromatic heterocycles. The van der Waals surface area contributed by atoms with E-state index >= 15 is 0 Å². The lowest BCUT2D eigenvalue weighted by Gasteiger charge is -2.19. The van der Waals surface area contributed by atoms with Crippen molar-refractivity contribution in [1.82, 2.24) is 29.7 Å². The minimum atomic E-state index is -0.606. The third-order valence-electron chi connectivity index (χ3n) is 4.60. The fraction of sp³-hybridized carbons (Fsp3) is 0.280. The predicted molar refractivity (Wildman–Crippen MR) is 149 cm³/mol. The van der Waals surface area contributed by atoms with Gasteiger partial charge < -0.3 is 14.8 Å². The van der Waals surface area contributed by atoms with Crippen molar-refractivity contribution in [3.8, 4) is 23.4 Å². The standard InChI is InChI=1S/C25H25N7O3.H3PS/c1-25(2,3)35-24(33)32-21-8-6-17(15-18(21)16-29-32)5-7-19-9-11-26-22(30-19)20-10-12-27-23(31-20)28-13-14-34-4;1-2/h6,8-12,15-16H,13-14H2,1-4H3,(H,27,28,31);2H,1H2. The van der Waals surface area contributed by atoms with Crippen LogP contribution in [0.3, 0.4) is 0 Å². The molecule has 4 aromatic rings. The van der Waals surface area contributed by atoms with E-state index in [1.165, 1.54) is 4.68 Å². The lowest BCUT2D eigenvalue weighted by atomic mass is 10.1. The highest BCUT2D eigenvalue weighted by Gasteiger charge is 2.20. The molecule has 0 bridgehead atoms. The minimum Gasteiger partial charge on any atom is -0.442 e. The number of anilines is 1. The van der Waals surface area contributed by atoms with Gasteiger partial charge in [0.2, 0.25) is 5.95 Å². The van der Waals surface area contributed by atoms with Crippen molar-refractivity contribution < 1.29 is 14.3 Å². The van der Waals surface area contributed by atoms with E-state index in [-0.39, 0.29) is 0 Å². The van der Waals surface area contributed by atoms with Crippen LogP contribution in [0.1, 0.15) is 32.0 Å². The van der Waals surface area contributed by atoms with Crippen LogP contribution in [-0.4, -0.2) is 61.7 Å². The molecule has 3 heterocycles. The molecule has 0 aliphatic carbocycles. The van der Waals surface area contributed by atoms with Gasteiger partial charge in [-0.1, -0.05) is 14.4 Å². The summed E-state index contributed by atoms with van der Waals surface area (Å²) in [4.78, 5) is 29.9. The van der Waals surface area contributed by atoms with Gasteiger partial charge in [0.1, 0.15) is 17.0 Å². The number of rotatable bonds is 5. The van der Waals surface area contributed by atoms with E-state index < -0.39 is 11.7 Å². The van der Waals surface area contributed by atoms with E-state index in [1.807, 2.05) is 32.9 Å². The van der Waals surface area contributed by atoms with Gasteiger partial charge >= 0.3 is 6.09 Å². The summed E-state index contributed by atoms with van der Waals surface area (Å²) in [5.41, 5.74) is 1.93. The number of nitrogens with zero attached hydrogens (tertiary/aromatic N) is 6. The minimum absolute atomic E-state index is 0.447. The number of thiol groups is 1. The molecule has 192 valence electrons. The number of carbonyl (C=O) groups excluding carboxylic acids is 1. The molecule has 0 aliphatic heterocycles. The zero-order chi connectivity index (χ0) is 26.8. The zero-order valence-corrected chi connectivity index (χ0v) is 23.0. The van der Waals surface area contributed by atoms with Crippen molar-refractivity contribution in [2.24, 2.45) is 0 Å². The Morgan fingerprint density at radius 3 is 2.65 bits per heavy atom. The van der Waals surface area contributed by atoms with Crippen LogP contribution in [0.5, 0.6) is 0 Å². The van der Waals surface area contributed by atoms with Gasteiger partial charge in [0.25, 0.3) is 0 Å². The van der Waals surface area contributed by atoms with Crippen molar-refractivity contribution in [2.45, 2.75) is 26.4 Å². The summed E-state index contributed by atoms with van der Waals surface area (Å²) >= 11 is 3.44. The normalized spacial score (nSPS) is 10.6. The molecule has 0 aliphatic rings. The number of ether oxygens (including phenoxy) is 2. The summed E-state index contributed by atoms with van der Waals surface area (Å²) in [6.07, 6.45) is 4.37. The van der Waals surface area contributed by atoms with E-state index in [2.05, 4.69) is 62.9 Å². The number of hydrogen-bond acceptors (Lipinski definition) is 10. The van der Waals surface area contributed by atoms with Crippen LogP contribution in [0, 0.1) is 11.8 Å². The van der Waals surface area contributed by atoms with Crippen LogP contribution in [0.4, 0.5) is 10.7 Å². The number of nitrogens with one attached hydrogen (secondary N) is 1. The summed E-state index contributed by atoms with van der Waals surface area (Å²) in [6, 6.07) is 8.95. The van der Waals surface area contributed by atoms with Gasteiger partial charge in [-0.15, -0.1) is 0 Å². The molecule has 4 rings (SSSR count). The Morgan fingerprint density at radius 2 is 1.89 bits per heavy atom. The Hall–Kier alpha value is -3.58. The molecule has 10 nitrogen and oxygen atoms in total. The maximum atomic E-state index is 12.4. The average molecular weight is 538 g/mol. The van der Waals surface area contributed by atoms with Crippen LogP contribution in [0.15, 0.2) is 48.9 Å². The third-order valence-corrected chi connectivity index (χ3v) is 4.60. The number of hydrogen-bond donors (Lipinski definition) is 2. The van der Waals surface area contributed by atoms with Crippen LogP contribution < -0.4 is 5.32 Å². The summed E-state index contributed by atoms with van der Waals surface area (Å²) < 4.78 is 11.7. The molecule has 0 radical (unpaired) electrons. The second-order valence-corrected chi connectivity index (χ2v) is 8.51. The van der Waals surface area contributed by atoms with Crippen LogP contribution in [0.25, 0.3) is 22.4 Å². The second-order valence-electron chi connectivity index (χ2n) is 8.51. The Kier molecular flexibility index (Phi) is 9.92. The maximum Gasteiger partial charge on any atom is 0.435 e. The second kappa shape index (κ2) is 13.1. The molecular formula is C25H28N7O3PS. The number of aromatic nitrogens is 6. The van der Waals surface area contributed by atoms with Crippen molar-refractivity contribution in [2.75, 3.05) is 25.6 Å². The van der Waals surface area contributed by atoms with Gasteiger partial charge in [0, 0.05) is 37.0 Å². The number of methoxy groups -OCH3 is 1. The van der Waals surface area contributed by atoms with Crippen LogP contribution >= 0.6 is 20.7 Å². The molecule has 0 amide bonds. The van der Waals surface area contributed by atoms with Crippen molar-refractivity contribution in [3.05, 3.63) is 60.2 Å². The van der Waals surface area contributed by atoms with E-state index in [0.29, 0.717) is 41.8 Å². The lowest BCUT2D eigenvalue weighted by molar-refractivity contribution is 0.0522. The van der Waals surface area contributed by atoms with Crippen molar-refractivity contribution in [1.29, 1.82) is 0 Å². The van der Waals surface area contributed by atoms with Crippen molar-refractivity contribution in [3.63, 3.8) is 0 Å². The largest absolute Gasteiger partial charge is 0.442 e. The summed E-state index contributed by atoms with van der Waals surface area (Å²) in [5, 5.41) is 8.03. The molecule has 1 unspecified atom stereocenters. The molecule has 12 heteroatoms. The molecule has 1 N–H and O–H groups in total. The van der Waals surface area contributed by atoms with E-state index in [0.717, 1.165) is 10.9 Å². The first-order valence-electron chi connectivity index (χ1n) is 11.2. The molecule has 37 heavy (non-hydrogen) atoms. The Balaban J connectivity index is 0.00000186. The fourth-order valence-electron chi connectivity index (χ4n) is 3.08. The van der Waals surface area contributed by atoms with Gasteiger partial charge in [-0.05, 0) is 57.0 Å². The monoisotopic (exact) mass is 537 g/mol. The first-order chi connectivity index (χ1) is 17.8. The summed E-state index contributed by atoms with van der Waals surface area (Å²) in [6.45, 7) is 6.57. The number of benzene rings is 1. The molecular weight excluding hydrogens is 509 g/mol. The smallest absolute Gasteiger partial charge is 0.435 e. The number of carbonyl (C=O) groups is 1. The van der Waals surface area contributed by atoms with Crippen molar-refractivity contribution >= 4 is 43.6 Å². The van der Waals surface area contributed by atoms with Gasteiger partial charge in [0.15, 0.2) is 5.82 Å². The lowest BCUT2D eigenvalue weighted by Crippen LogP contribution is -2.27. The van der Waals surface area contributed by atoms with E-state index in [9.17, 15) is 4.79 Å². The summed E-state index contributed by atoms with van der Waals surface area (Å²) in [5.74, 6) is 7.08.